The van der Waals surface area contributed by atoms with E-state index in [-0.39, 0.29) is 0 Å². The van der Waals surface area contributed by atoms with Crippen LogP contribution >= 0.6 is 0 Å². The summed E-state index contributed by atoms with van der Waals surface area (Å²) in [7, 11) is 0. The Kier molecular flexibility index (Phi) is 5.36. The normalized spacial score (nSPS) is 11.6. The van der Waals surface area contributed by atoms with Crippen LogP contribution in [0.5, 0.6) is 0 Å². The molecule has 7 heteroatoms. The van der Waals surface area contributed by atoms with Crippen LogP contribution in [0.25, 0.3) is 78.2 Å². The first-order valence-electron chi connectivity index (χ1n) is 14.5. The molecule has 5 aromatic carbocycles. The Hall–Kier alpha value is -6.21. The van der Waals surface area contributed by atoms with Crippen LogP contribution in [0.3, 0.4) is 0 Å². The van der Waals surface area contributed by atoms with Crippen molar-refractivity contribution in [2.24, 2.45) is 0 Å². The molecular weight excluding hydrogens is 542 g/mol. The van der Waals surface area contributed by atoms with Gasteiger partial charge in [0.05, 0.1) is 22.7 Å². The molecule has 206 valence electrons. The molecule has 0 aliphatic heterocycles. The first kappa shape index (κ1) is 24.4. The molecule has 9 aromatic rings. The molecule has 0 radical (unpaired) electrons. The van der Waals surface area contributed by atoms with E-state index in [0.29, 0.717) is 23.2 Å². The predicted octanol–water partition coefficient (Wildman–Crippen LogP) is 8.19. The van der Waals surface area contributed by atoms with Gasteiger partial charge in [-0.05, 0) is 36.4 Å². The van der Waals surface area contributed by atoms with E-state index >= 15 is 0 Å². The van der Waals surface area contributed by atoms with Crippen LogP contribution in [0.1, 0.15) is 0 Å². The molecule has 0 fully saturated rings. The van der Waals surface area contributed by atoms with Gasteiger partial charge in [0.1, 0.15) is 0 Å². The third-order valence-corrected chi connectivity index (χ3v) is 8.14. The lowest BCUT2D eigenvalue weighted by Gasteiger charge is -2.11. The van der Waals surface area contributed by atoms with Crippen molar-refractivity contribution in [1.82, 2.24) is 34.3 Å². The highest BCUT2D eigenvalue weighted by Crippen LogP contribution is 2.38. The van der Waals surface area contributed by atoms with E-state index in [2.05, 4.69) is 75.4 Å². The van der Waals surface area contributed by atoms with Gasteiger partial charge < -0.3 is 4.57 Å². The van der Waals surface area contributed by atoms with Crippen molar-refractivity contribution in [3.05, 3.63) is 140 Å². The van der Waals surface area contributed by atoms with Gasteiger partial charge in [0.15, 0.2) is 17.3 Å². The number of para-hydroxylation sites is 2. The molecule has 0 N–H and O–H groups in total. The van der Waals surface area contributed by atoms with Crippen LogP contribution in [0.15, 0.2) is 140 Å². The summed E-state index contributed by atoms with van der Waals surface area (Å²) in [5.41, 5.74) is 6.78. The fourth-order valence-electron chi connectivity index (χ4n) is 6.17. The fraction of sp³-hybridized carbons (Fsp3) is 0. The second kappa shape index (κ2) is 9.68. The topological polar surface area (TPSA) is 74.3 Å². The monoisotopic (exact) mass is 565 g/mol. The second-order valence-corrected chi connectivity index (χ2v) is 10.7. The van der Waals surface area contributed by atoms with Gasteiger partial charge in [-0.1, -0.05) is 97.1 Å². The van der Waals surface area contributed by atoms with Crippen molar-refractivity contribution >= 4 is 43.7 Å². The van der Waals surface area contributed by atoms with E-state index < -0.39 is 0 Å². The van der Waals surface area contributed by atoms with Gasteiger partial charge >= 0.3 is 0 Å². The number of nitrogens with zero attached hydrogens (tertiary/aromatic N) is 7. The summed E-state index contributed by atoms with van der Waals surface area (Å²) in [6.45, 7) is 0. The van der Waals surface area contributed by atoms with E-state index in [9.17, 15) is 0 Å². The van der Waals surface area contributed by atoms with Crippen molar-refractivity contribution in [3.8, 4) is 34.4 Å². The van der Waals surface area contributed by atoms with Gasteiger partial charge in [-0.2, -0.15) is 15.1 Å². The largest absolute Gasteiger partial charge is 0.309 e. The van der Waals surface area contributed by atoms with Crippen molar-refractivity contribution < 1.29 is 0 Å². The summed E-state index contributed by atoms with van der Waals surface area (Å²) in [5, 5.41) is 13.3. The number of fused-ring (bicyclic) bond motifs is 6. The molecule has 0 unspecified atom stereocenters. The Bertz CT molecular complexity index is 2420. The summed E-state index contributed by atoms with van der Waals surface area (Å²) in [4.78, 5) is 15.0. The number of hydrogen-bond donors (Lipinski definition) is 0. The molecule has 4 heterocycles. The summed E-state index contributed by atoms with van der Waals surface area (Å²) >= 11 is 0. The first-order valence-corrected chi connectivity index (χ1v) is 14.5. The summed E-state index contributed by atoms with van der Waals surface area (Å²) < 4.78 is 4.33. The molecule has 0 saturated carbocycles. The SMILES string of the molecule is c1ccc(-c2nc(-c3ccccc3)nc(-n3c4cc5c(cc4c4ccnnc43)c3ccccc3n5-c3ccccc3)n2)cc1. The third-order valence-electron chi connectivity index (χ3n) is 8.14. The standard InChI is InChI=1S/C37H23N7/c1-4-12-24(13-5-1)34-39-35(25-14-6-2-7-15-25)41-37(40-34)44-33-23-32-29(22-30(33)28-20-21-38-42-36(28)44)27-18-10-11-19-31(27)43(32)26-16-8-3-9-17-26/h1-23H. The predicted molar refractivity (Wildman–Crippen MR) is 175 cm³/mol. The van der Waals surface area contributed by atoms with Crippen LogP contribution in [0.4, 0.5) is 0 Å². The molecule has 44 heavy (non-hydrogen) atoms. The van der Waals surface area contributed by atoms with Crippen LogP contribution < -0.4 is 0 Å². The van der Waals surface area contributed by atoms with Crippen molar-refractivity contribution in [2.45, 2.75) is 0 Å². The maximum Gasteiger partial charge on any atom is 0.240 e. The molecule has 9 rings (SSSR count). The Morgan fingerprint density at radius 2 is 1.02 bits per heavy atom. The highest BCUT2D eigenvalue weighted by atomic mass is 15.3. The number of aromatic nitrogens is 7. The molecule has 0 bridgehead atoms. The zero-order valence-electron chi connectivity index (χ0n) is 23.4. The highest BCUT2D eigenvalue weighted by Gasteiger charge is 2.21. The first-order chi connectivity index (χ1) is 21.8. The highest BCUT2D eigenvalue weighted by molar-refractivity contribution is 6.18. The minimum atomic E-state index is 0.486. The number of hydrogen-bond acceptors (Lipinski definition) is 5. The molecule has 0 aliphatic carbocycles. The van der Waals surface area contributed by atoms with Gasteiger partial charge in [0.2, 0.25) is 5.95 Å². The Balaban J connectivity index is 1.41. The number of benzene rings is 5. The minimum Gasteiger partial charge on any atom is -0.309 e. The average molecular weight is 566 g/mol. The third kappa shape index (κ3) is 3.73. The summed E-state index contributed by atoms with van der Waals surface area (Å²) in [6.07, 6.45) is 1.74. The Morgan fingerprint density at radius 1 is 0.432 bits per heavy atom. The molecule has 7 nitrogen and oxygen atoms in total. The molecule has 0 aliphatic rings. The molecule has 0 atom stereocenters. The maximum absolute atomic E-state index is 5.04. The van der Waals surface area contributed by atoms with Crippen molar-refractivity contribution in [2.75, 3.05) is 0 Å². The van der Waals surface area contributed by atoms with Gasteiger partial charge in [-0.15, -0.1) is 5.10 Å². The van der Waals surface area contributed by atoms with Crippen LogP contribution in [0, 0.1) is 0 Å². The van der Waals surface area contributed by atoms with Gasteiger partial charge in [-0.25, -0.2) is 4.98 Å². The van der Waals surface area contributed by atoms with E-state index in [1.54, 1.807) is 6.20 Å². The van der Waals surface area contributed by atoms with E-state index in [4.69, 9.17) is 15.0 Å². The Labute approximate surface area is 251 Å². The van der Waals surface area contributed by atoms with Gasteiger partial charge in [0, 0.05) is 38.4 Å². The van der Waals surface area contributed by atoms with Crippen molar-refractivity contribution in [1.29, 1.82) is 0 Å². The van der Waals surface area contributed by atoms with Crippen LogP contribution in [-0.2, 0) is 0 Å². The molecule has 0 spiro atoms. The zero-order valence-corrected chi connectivity index (χ0v) is 23.4. The average Bonchev–Trinajstić information content (AvgIpc) is 3.60. The molecule has 0 saturated heterocycles. The quantitative estimate of drug-likeness (QED) is 0.215. The fourth-order valence-corrected chi connectivity index (χ4v) is 6.17. The van der Waals surface area contributed by atoms with Crippen LogP contribution in [0.2, 0.25) is 0 Å². The van der Waals surface area contributed by atoms with Crippen LogP contribution in [-0.4, -0.2) is 34.3 Å². The number of rotatable bonds is 4. The van der Waals surface area contributed by atoms with Crippen molar-refractivity contribution in [3.63, 3.8) is 0 Å². The minimum absolute atomic E-state index is 0.486. The zero-order chi connectivity index (χ0) is 29.0. The van der Waals surface area contributed by atoms with E-state index in [0.717, 1.165) is 44.1 Å². The lowest BCUT2D eigenvalue weighted by atomic mass is 10.1. The second-order valence-electron chi connectivity index (χ2n) is 10.7. The van der Waals surface area contributed by atoms with E-state index in [1.807, 2.05) is 77.4 Å². The molecule has 0 amide bonds. The van der Waals surface area contributed by atoms with Gasteiger partial charge in [0.25, 0.3) is 0 Å². The summed E-state index contributed by atoms with van der Waals surface area (Å²) in [5.74, 6) is 1.67. The van der Waals surface area contributed by atoms with E-state index in [1.165, 1.54) is 10.8 Å². The maximum atomic E-state index is 5.04. The molecular formula is C37H23N7. The summed E-state index contributed by atoms with van der Waals surface area (Å²) in [6, 6.07) is 45.5. The lowest BCUT2D eigenvalue weighted by Crippen LogP contribution is -2.07. The smallest absolute Gasteiger partial charge is 0.240 e. The molecule has 4 aromatic heterocycles. The Morgan fingerprint density at radius 3 is 1.73 bits per heavy atom. The van der Waals surface area contributed by atoms with Gasteiger partial charge in [-0.3, -0.25) is 4.57 Å². The lowest BCUT2D eigenvalue weighted by molar-refractivity contribution is 0.927.